The van der Waals surface area contributed by atoms with Gasteiger partial charge in [0.1, 0.15) is 0 Å². The molecule has 90 valence electrons. The largest absolute Gasteiger partial charge is 0.388 e. The fourth-order valence-corrected chi connectivity index (χ4v) is 2.54. The summed E-state index contributed by atoms with van der Waals surface area (Å²) >= 11 is 0. The molecular weight excluding hydrogens is 208 g/mol. The van der Waals surface area contributed by atoms with Gasteiger partial charge in [-0.1, -0.05) is 42.5 Å². The highest BCUT2D eigenvalue weighted by molar-refractivity contribution is 5.61. The first-order chi connectivity index (χ1) is 8.23. The van der Waals surface area contributed by atoms with Crippen LogP contribution in [0.3, 0.4) is 0 Å². The summed E-state index contributed by atoms with van der Waals surface area (Å²) in [6, 6.07) is 6.41. The molecule has 0 aromatic heterocycles. The molecule has 2 nitrogen and oxygen atoms in total. The van der Waals surface area contributed by atoms with Crippen molar-refractivity contribution in [3.63, 3.8) is 0 Å². The molecule has 0 radical (unpaired) electrons. The van der Waals surface area contributed by atoms with Crippen molar-refractivity contribution in [2.75, 3.05) is 18.9 Å². The summed E-state index contributed by atoms with van der Waals surface area (Å²) in [5, 5.41) is 3.31. The number of hydrogen-bond acceptors (Lipinski definition) is 2. The Morgan fingerprint density at radius 2 is 2.18 bits per heavy atom. The fourth-order valence-electron chi connectivity index (χ4n) is 2.54. The number of anilines is 1. The predicted molar refractivity (Wildman–Crippen MR) is 74.4 cm³/mol. The number of aryl methyl sites for hydroxylation is 1. The van der Waals surface area contributed by atoms with E-state index in [-0.39, 0.29) is 5.41 Å². The lowest BCUT2D eigenvalue weighted by molar-refractivity contribution is 0.551. The Hall–Kier alpha value is -1.54. The Morgan fingerprint density at radius 3 is 2.76 bits per heavy atom. The van der Waals surface area contributed by atoms with Gasteiger partial charge in [-0.15, -0.1) is 0 Å². The lowest BCUT2D eigenvalue weighted by Crippen LogP contribution is -2.34. The van der Waals surface area contributed by atoms with Gasteiger partial charge in [0.25, 0.3) is 0 Å². The van der Waals surface area contributed by atoms with Gasteiger partial charge in [-0.25, -0.2) is 0 Å². The van der Waals surface area contributed by atoms with Crippen LogP contribution in [-0.4, -0.2) is 13.6 Å². The van der Waals surface area contributed by atoms with Crippen molar-refractivity contribution in [2.45, 2.75) is 18.8 Å². The summed E-state index contributed by atoms with van der Waals surface area (Å²) in [5.41, 5.74) is 9.74. The molecule has 0 amide bonds. The lowest BCUT2D eigenvalue weighted by Gasteiger charge is -2.33. The van der Waals surface area contributed by atoms with E-state index in [9.17, 15) is 0 Å². The second kappa shape index (κ2) is 4.76. The van der Waals surface area contributed by atoms with Crippen LogP contribution >= 0.6 is 0 Å². The maximum atomic E-state index is 6.03. The second-order valence-corrected chi connectivity index (χ2v) is 4.60. The van der Waals surface area contributed by atoms with E-state index in [1.807, 2.05) is 7.05 Å². The number of hydrogen-bond donors (Lipinski definition) is 2. The zero-order valence-corrected chi connectivity index (χ0v) is 10.5. The molecule has 17 heavy (non-hydrogen) atoms. The summed E-state index contributed by atoms with van der Waals surface area (Å²) in [7, 11) is 1.97. The topological polar surface area (TPSA) is 38.0 Å². The molecule has 0 aliphatic heterocycles. The standard InChI is InChI=1S/C15H20N2/c1-12-7-6-8-13(14(12)17-2)15(11-16)9-4-3-5-10-15/h3-9,17H,10-11,16H2,1-2H3. The van der Waals surface area contributed by atoms with Crippen molar-refractivity contribution in [1.29, 1.82) is 0 Å². The van der Waals surface area contributed by atoms with Gasteiger partial charge in [-0.2, -0.15) is 0 Å². The van der Waals surface area contributed by atoms with E-state index in [1.54, 1.807) is 0 Å². The Labute approximate surface area is 103 Å². The third-order valence-corrected chi connectivity index (χ3v) is 3.57. The second-order valence-electron chi connectivity index (χ2n) is 4.60. The van der Waals surface area contributed by atoms with Gasteiger partial charge >= 0.3 is 0 Å². The lowest BCUT2D eigenvalue weighted by atomic mass is 9.74. The minimum Gasteiger partial charge on any atom is -0.388 e. The summed E-state index contributed by atoms with van der Waals surface area (Å²) in [6.45, 7) is 2.76. The Balaban J connectivity index is 2.55. The van der Waals surface area contributed by atoms with Crippen molar-refractivity contribution in [3.05, 3.63) is 53.6 Å². The molecular formula is C15H20N2. The van der Waals surface area contributed by atoms with Crippen LogP contribution in [0, 0.1) is 6.92 Å². The molecule has 0 fully saturated rings. The summed E-state index contributed by atoms with van der Waals surface area (Å²) < 4.78 is 0. The normalized spacial score (nSPS) is 22.8. The summed E-state index contributed by atoms with van der Waals surface area (Å²) in [6.07, 6.45) is 9.57. The molecule has 3 N–H and O–H groups in total. The molecule has 1 aromatic rings. The third-order valence-electron chi connectivity index (χ3n) is 3.57. The number of benzene rings is 1. The zero-order chi connectivity index (χ0) is 12.3. The minimum absolute atomic E-state index is 0.0564. The van der Waals surface area contributed by atoms with Crippen LogP contribution in [0.25, 0.3) is 0 Å². The minimum atomic E-state index is -0.0564. The van der Waals surface area contributed by atoms with Crippen molar-refractivity contribution in [1.82, 2.24) is 0 Å². The van der Waals surface area contributed by atoms with Gasteiger partial charge < -0.3 is 11.1 Å². The van der Waals surface area contributed by atoms with Crippen molar-refractivity contribution >= 4 is 5.69 Å². The van der Waals surface area contributed by atoms with E-state index >= 15 is 0 Å². The molecule has 1 aliphatic rings. The Kier molecular flexibility index (Phi) is 3.34. The fraction of sp³-hybridized carbons (Fsp3) is 0.333. The molecule has 2 rings (SSSR count). The van der Waals surface area contributed by atoms with E-state index in [4.69, 9.17) is 5.73 Å². The average molecular weight is 228 g/mol. The molecule has 0 bridgehead atoms. The van der Waals surface area contributed by atoms with Gasteiger partial charge in [-0.3, -0.25) is 0 Å². The van der Waals surface area contributed by atoms with Gasteiger partial charge in [0, 0.05) is 24.7 Å². The van der Waals surface area contributed by atoms with Gasteiger partial charge in [0.05, 0.1) is 0 Å². The summed E-state index contributed by atoms with van der Waals surface area (Å²) in [5.74, 6) is 0. The smallest absolute Gasteiger partial charge is 0.0409 e. The molecule has 1 aliphatic carbocycles. The van der Waals surface area contributed by atoms with Crippen LogP contribution in [-0.2, 0) is 5.41 Å². The van der Waals surface area contributed by atoms with Gasteiger partial charge in [0.2, 0.25) is 0 Å². The maximum absolute atomic E-state index is 6.03. The van der Waals surface area contributed by atoms with Crippen LogP contribution in [0.5, 0.6) is 0 Å². The van der Waals surface area contributed by atoms with Gasteiger partial charge in [-0.05, 0) is 24.5 Å². The quantitative estimate of drug-likeness (QED) is 0.835. The third kappa shape index (κ3) is 2.01. The number of nitrogens with one attached hydrogen (secondary N) is 1. The van der Waals surface area contributed by atoms with Crippen LogP contribution in [0.1, 0.15) is 17.5 Å². The van der Waals surface area contributed by atoms with Crippen LogP contribution in [0.15, 0.2) is 42.5 Å². The number of allylic oxidation sites excluding steroid dienone is 3. The van der Waals surface area contributed by atoms with Crippen LogP contribution < -0.4 is 11.1 Å². The Bertz CT molecular complexity index is 460. The molecule has 0 saturated heterocycles. The van der Waals surface area contributed by atoms with E-state index < -0.39 is 0 Å². The van der Waals surface area contributed by atoms with Crippen molar-refractivity contribution in [2.24, 2.45) is 5.73 Å². The monoisotopic (exact) mass is 228 g/mol. The SMILES string of the molecule is CNc1c(C)cccc1C1(CN)C=CC=CC1. The highest BCUT2D eigenvalue weighted by Gasteiger charge is 2.30. The molecule has 1 unspecified atom stereocenters. The van der Waals surface area contributed by atoms with E-state index in [0.29, 0.717) is 6.54 Å². The molecule has 0 spiro atoms. The summed E-state index contributed by atoms with van der Waals surface area (Å²) in [4.78, 5) is 0. The number of para-hydroxylation sites is 1. The molecule has 2 heteroatoms. The number of rotatable bonds is 3. The average Bonchev–Trinajstić information content (AvgIpc) is 2.39. The first kappa shape index (κ1) is 11.9. The highest BCUT2D eigenvalue weighted by Crippen LogP contribution is 2.37. The Morgan fingerprint density at radius 1 is 1.35 bits per heavy atom. The molecule has 1 atom stereocenters. The first-order valence-electron chi connectivity index (χ1n) is 6.06. The molecule has 0 heterocycles. The maximum Gasteiger partial charge on any atom is 0.0409 e. The van der Waals surface area contributed by atoms with E-state index in [2.05, 4.69) is 54.7 Å². The van der Waals surface area contributed by atoms with Gasteiger partial charge in [0.15, 0.2) is 0 Å². The highest BCUT2D eigenvalue weighted by atomic mass is 14.8. The van der Waals surface area contributed by atoms with Crippen molar-refractivity contribution < 1.29 is 0 Å². The number of nitrogens with two attached hydrogens (primary N) is 1. The predicted octanol–water partition coefficient (Wildman–Crippen LogP) is 2.75. The van der Waals surface area contributed by atoms with Crippen LogP contribution in [0.2, 0.25) is 0 Å². The first-order valence-corrected chi connectivity index (χ1v) is 6.06. The van der Waals surface area contributed by atoms with E-state index in [0.717, 1.165) is 6.42 Å². The van der Waals surface area contributed by atoms with Crippen molar-refractivity contribution in [3.8, 4) is 0 Å². The molecule has 1 aromatic carbocycles. The van der Waals surface area contributed by atoms with E-state index in [1.165, 1.54) is 16.8 Å². The zero-order valence-electron chi connectivity index (χ0n) is 10.5. The van der Waals surface area contributed by atoms with Crippen LogP contribution in [0.4, 0.5) is 5.69 Å². The molecule has 0 saturated carbocycles.